The van der Waals surface area contributed by atoms with Crippen molar-refractivity contribution in [2.75, 3.05) is 13.1 Å². The summed E-state index contributed by atoms with van der Waals surface area (Å²) in [5, 5.41) is 0. The number of hydrogen-bond donors (Lipinski definition) is 1. The summed E-state index contributed by atoms with van der Waals surface area (Å²) in [5.74, 6) is 0.248. The number of nitrogens with two attached hydrogens (primary N) is 1. The van der Waals surface area contributed by atoms with Gasteiger partial charge in [-0.3, -0.25) is 9.59 Å². The number of carbonyl (C=O) groups excluding carboxylic acids is 2. The lowest BCUT2D eigenvalue weighted by molar-refractivity contribution is -0.131. The molecule has 1 atom stereocenters. The van der Waals surface area contributed by atoms with Crippen molar-refractivity contribution in [2.24, 2.45) is 11.7 Å². The van der Waals surface area contributed by atoms with Gasteiger partial charge in [-0.1, -0.05) is 15.9 Å². The van der Waals surface area contributed by atoms with Crippen molar-refractivity contribution in [3.63, 3.8) is 0 Å². The summed E-state index contributed by atoms with van der Waals surface area (Å²) in [6, 6.07) is 0. The molecular formula is C10H17BrN2O2. The van der Waals surface area contributed by atoms with Gasteiger partial charge >= 0.3 is 0 Å². The Bertz CT molecular complexity index is 248. The van der Waals surface area contributed by atoms with Crippen LogP contribution in [0, 0.1) is 5.92 Å². The number of piperidine rings is 1. The van der Waals surface area contributed by atoms with Crippen LogP contribution in [-0.4, -0.2) is 34.6 Å². The molecule has 1 rings (SSSR count). The van der Waals surface area contributed by atoms with Crippen LogP contribution in [-0.2, 0) is 9.59 Å². The summed E-state index contributed by atoms with van der Waals surface area (Å²) in [7, 11) is 0. The quantitative estimate of drug-likeness (QED) is 0.778. The Kier molecular flexibility index (Phi) is 4.57. The average molecular weight is 277 g/mol. The third kappa shape index (κ3) is 3.81. The standard InChI is InChI=1S/C10H17BrN2O2/c1-7(11)10(15)13-4-2-8(3-5-13)6-9(12)14/h7-8H,2-6H2,1H3,(H2,12,14). The molecule has 0 aromatic carbocycles. The smallest absolute Gasteiger partial charge is 0.236 e. The fourth-order valence-corrected chi connectivity index (χ4v) is 2.18. The number of halogens is 1. The van der Waals surface area contributed by atoms with Gasteiger partial charge in [0, 0.05) is 19.5 Å². The summed E-state index contributed by atoms with van der Waals surface area (Å²) in [6.45, 7) is 3.32. The number of nitrogens with zero attached hydrogens (tertiary/aromatic N) is 1. The van der Waals surface area contributed by atoms with Crippen molar-refractivity contribution < 1.29 is 9.59 Å². The van der Waals surface area contributed by atoms with Crippen LogP contribution in [0.3, 0.4) is 0 Å². The van der Waals surface area contributed by atoms with Crippen LogP contribution in [0.1, 0.15) is 26.2 Å². The van der Waals surface area contributed by atoms with Crippen molar-refractivity contribution >= 4 is 27.7 Å². The monoisotopic (exact) mass is 276 g/mol. The molecule has 0 saturated carbocycles. The van der Waals surface area contributed by atoms with E-state index in [0.29, 0.717) is 12.3 Å². The molecule has 0 aliphatic carbocycles. The number of hydrogen-bond acceptors (Lipinski definition) is 2. The number of alkyl halides is 1. The number of likely N-dealkylation sites (tertiary alicyclic amines) is 1. The predicted molar refractivity (Wildman–Crippen MR) is 61.5 cm³/mol. The molecule has 0 aromatic rings. The van der Waals surface area contributed by atoms with E-state index in [1.807, 2.05) is 11.8 Å². The van der Waals surface area contributed by atoms with E-state index in [2.05, 4.69) is 15.9 Å². The highest BCUT2D eigenvalue weighted by Gasteiger charge is 2.25. The molecule has 0 spiro atoms. The van der Waals surface area contributed by atoms with Gasteiger partial charge in [-0.15, -0.1) is 0 Å². The number of primary amides is 1. The van der Waals surface area contributed by atoms with Gasteiger partial charge in [-0.2, -0.15) is 0 Å². The molecule has 4 nitrogen and oxygen atoms in total. The van der Waals surface area contributed by atoms with E-state index in [-0.39, 0.29) is 16.6 Å². The van der Waals surface area contributed by atoms with Crippen LogP contribution in [0.15, 0.2) is 0 Å². The van der Waals surface area contributed by atoms with Gasteiger partial charge in [0.25, 0.3) is 0 Å². The molecule has 86 valence electrons. The highest BCUT2D eigenvalue weighted by atomic mass is 79.9. The molecule has 0 bridgehead atoms. The second kappa shape index (κ2) is 5.49. The highest BCUT2D eigenvalue weighted by Crippen LogP contribution is 2.21. The Labute approximate surface area is 98.3 Å². The van der Waals surface area contributed by atoms with Crippen molar-refractivity contribution in [1.29, 1.82) is 0 Å². The summed E-state index contributed by atoms with van der Waals surface area (Å²) in [6.07, 6.45) is 2.22. The van der Waals surface area contributed by atoms with Crippen LogP contribution in [0.5, 0.6) is 0 Å². The maximum absolute atomic E-state index is 11.6. The zero-order valence-electron chi connectivity index (χ0n) is 8.91. The molecule has 2 N–H and O–H groups in total. The van der Waals surface area contributed by atoms with Crippen LogP contribution in [0.2, 0.25) is 0 Å². The molecule has 1 saturated heterocycles. The Hall–Kier alpha value is -0.580. The largest absolute Gasteiger partial charge is 0.370 e. The van der Waals surface area contributed by atoms with Crippen LogP contribution in [0.4, 0.5) is 0 Å². The fraction of sp³-hybridized carbons (Fsp3) is 0.800. The Morgan fingerprint density at radius 3 is 2.40 bits per heavy atom. The van der Waals surface area contributed by atoms with Gasteiger partial charge in [0.1, 0.15) is 0 Å². The summed E-state index contributed by atoms with van der Waals surface area (Å²) < 4.78 is 0. The average Bonchev–Trinajstić information content (AvgIpc) is 2.17. The minimum absolute atomic E-state index is 0.120. The van der Waals surface area contributed by atoms with E-state index in [4.69, 9.17) is 5.73 Å². The molecule has 0 aromatic heterocycles. The van der Waals surface area contributed by atoms with Crippen molar-refractivity contribution in [3.8, 4) is 0 Å². The predicted octanol–water partition coefficient (Wildman–Crippen LogP) is 0.884. The third-order valence-corrected chi connectivity index (χ3v) is 3.15. The molecule has 15 heavy (non-hydrogen) atoms. The first-order chi connectivity index (χ1) is 7.00. The Balaban J connectivity index is 2.35. The van der Waals surface area contributed by atoms with Crippen molar-refractivity contribution in [3.05, 3.63) is 0 Å². The topological polar surface area (TPSA) is 63.4 Å². The minimum atomic E-state index is -0.242. The van der Waals surface area contributed by atoms with Gasteiger partial charge < -0.3 is 10.6 Å². The molecule has 1 heterocycles. The highest BCUT2D eigenvalue weighted by molar-refractivity contribution is 9.10. The molecular weight excluding hydrogens is 260 g/mol. The molecule has 0 radical (unpaired) electrons. The van der Waals surface area contributed by atoms with Gasteiger partial charge in [0.2, 0.25) is 11.8 Å². The van der Waals surface area contributed by atoms with Crippen LogP contribution in [0.25, 0.3) is 0 Å². The SMILES string of the molecule is CC(Br)C(=O)N1CCC(CC(N)=O)CC1. The molecule has 2 amide bonds. The second-order valence-corrected chi connectivity index (χ2v) is 5.43. The molecule has 1 fully saturated rings. The lowest BCUT2D eigenvalue weighted by atomic mass is 9.93. The first-order valence-corrected chi connectivity index (χ1v) is 6.13. The Morgan fingerprint density at radius 2 is 2.00 bits per heavy atom. The maximum atomic E-state index is 11.6. The summed E-state index contributed by atoms with van der Waals surface area (Å²) in [5.41, 5.74) is 5.14. The maximum Gasteiger partial charge on any atom is 0.236 e. The third-order valence-electron chi connectivity index (χ3n) is 2.76. The van der Waals surface area contributed by atoms with Crippen molar-refractivity contribution in [2.45, 2.75) is 31.0 Å². The van der Waals surface area contributed by atoms with Crippen LogP contribution >= 0.6 is 15.9 Å². The molecule has 5 heteroatoms. The lowest BCUT2D eigenvalue weighted by Crippen LogP contribution is -2.42. The summed E-state index contributed by atoms with van der Waals surface area (Å²) >= 11 is 3.27. The fourth-order valence-electron chi connectivity index (χ4n) is 1.89. The Morgan fingerprint density at radius 1 is 1.47 bits per heavy atom. The van der Waals surface area contributed by atoms with E-state index >= 15 is 0 Å². The van der Waals surface area contributed by atoms with E-state index < -0.39 is 0 Å². The van der Waals surface area contributed by atoms with Gasteiger partial charge in [-0.05, 0) is 25.7 Å². The number of amides is 2. The van der Waals surface area contributed by atoms with Crippen LogP contribution < -0.4 is 5.73 Å². The molecule has 1 unspecified atom stereocenters. The first kappa shape index (κ1) is 12.5. The number of rotatable bonds is 3. The van der Waals surface area contributed by atoms with E-state index in [1.165, 1.54) is 0 Å². The summed E-state index contributed by atoms with van der Waals surface area (Å²) in [4.78, 5) is 24.1. The van der Waals surface area contributed by atoms with Gasteiger partial charge in [0.15, 0.2) is 0 Å². The normalized spacial score (nSPS) is 20.0. The number of carbonyl (C=O) groups is 2. The van der Waals surface area contributed by atoms with E-state index in [0.717, 1.165) is 25.9 Å². The zero-order chi connectivity index (χ0) is 11.4. The second-order valence-electron chi connectivity index (χ2n) is 4.06. The van der Waals surface area contributed by atoms with Crippen molar-refractivity contribution in [1.82, 2.24) is 4.90 Å². The lowest BCUT2D eigenvalue weighted by Gasteiger charge is -2.32. The zero-order valence-corrected chi connectivity index (χ0v) is 10.5. The minimum Gasteiger partial charge on any atom is -0.370 e. The van der Waals surface area contributed by atoms with Gasteiger partial charge in [0.05, 0.1) is 4.83 Å². The van der Waals surface area contributed by atoms with E-state index in [9.17, 15) is 9.59 Å². The van der Waals surface area contributed by atoms with E-state index in [1.54, 1.807) is 0 Å². The molecule has 1 aliphatic heterocycles. The first-order valence-electron chi connectivity index (χ1n) is 5.22. The van der Waals surface area contributed by atoms with Gasteiger partial charge in [-0.25, -0.2) is 0 Å². The molecule has 1 aliphatic rings.